The first kappa shape index (κ1) is 22.0. The molecule has 0 fully saturated rings. The summed E-state index contributed by atoms with van der Waals surface area (Å²) in [4.78, 5) is 13.6. The van der Waals surface area contributed by atoms with Gasteiger partial charge in [0.1, 0.15) is 11.5 Å². The molecule has 0 unspecified atom stereocenters. The van der Waals surface area contributed by atoms with Crippen molar-refractivity contribution in [2.24, 2.45) is 4.99 Å². The van der Waals surface area contributed by atoms with E-state index in [4.69, 9.17) is 9.47 Å². The summed E-state index contributed by atoms with van der Waals surface area (Å²) in [5, 5.41) is 8.97. The fourth-order valence-electron chi connectivity index (χ4n) is 3.46. The molecule has 0 radical (unpaired) electrons. The Morgan fingerprint density at radius 2 is 1.90 bits per heavy atom. The largest absolute Gasteiger partial charge is 0.497 e. The third-order valence-electron chi connectivity index (χ3n) is 4.97. The molecule has 0 aliphatic heterocycles. The molecular formula is C22H31N5O2S. The topological polar surface area (TPSA) is 83.6 Å². The zero-order valence-electron chi connectivity index (χ0n) is 18.4. The minimum atomic E-state index is 0.785. The molecule has 162 valence electrons. The van der Waals surface area contributed by atoms with Crippen LogP contribution in [0.5, 0.6) is 11.5 Å². The standard InChI is InChI=1S/C22H31N5O2S/c1-14-21(30-15(2)26-14)8-10-25-22(23-3)24-9-6-7-16-11-18-19(27-16)12-17(28-4)13-20(18)29-5/h11-13,27H,6-10H2,1-5H3,(H2,23,24,25). The maximum Gasteiger partial charge on any atom is 0.190 e. The Bertz CT molecular complexity index is 1010. The monoisotopic (exact) mass is 429 g/mol. The van der Waals surface area contributed by atoms with Crippen LogP contribution >= 0.6 is 11.3 Å². The van der Waals surface area contributed by atoms with Crippen molar-refractivity contribution in [3.05, 3.63) is 39.5 Å². The minimum Gasteiger partial charge on any atom is -0.497 e. The van der Waals surface area contributed by atoms with Crippen LogP contribution in [0.15, 0.2) is 23.2 Å². The average molecular weight is 430 g/mol. The number of hydrogen-bond donors (Lipinski definition) is 3. The van der Waals surface area contributed by atoms with Crippen LogP contribution in [0.25, 0.3) is 10.9 Å². The Balaban J connectivity index is 1.46. The van der Waals surface area contributed by atoms with Crippen molar-refractivity contribution in [3.8, 4) is 11.5 Å². The van der Waals surface area contributed by atoms with Gasteiger partial charge < -0.3 is 25.1 Å². The number of aromatic amines is 1. The number of benzene rings is 1. The molecule has 8 heteroatoms. The molecule has 0 amide bonds. The number of guanidine groups is 1. The van der Waals surface area contributed by atoms with Crippen molar-refractivity contribution in [1.82, 2.24) is 20.6 Å². The molecular weight excluding hydrogens is 398 g/mol. The van der Waals surface area contributed by atoms with E-state index >= 15 is 0 Å². The highest BCUT2D eigenvalue weighted by molar-refractivity contribution is 7.11. The number of aliphatic imine (C=N–C) groups is 1. The van der Waals surface area contributed by atoms with Crippen molar-refractivity contribution < 1.29 is 9.47 Å². The van der Waals surface area contributed by atoms with Crippen molar-refractivity contribution in [2.75, 3.05) is 34.4 Å². The van der Waals surface area contributed by atoms with Crippen molar-refractivity contribution >= 4 is 28.2 Å². The predicted molar refractivity (Wildman–Crippen MR) is 124 cm³/mol. The molecule has 2 heterocycles. The zero-order valence-corrected chi connectivity index (χ0v) is 19.2. The van der Waals surface area contributed by atoms with Crippen LogP contribution in [0.1, 0.15) is 27.7 Å². The first-order chi connectivity index (χ1) is 14.5. The van der Waals surface area contributed by atoms with E-state index in [1.165, 1.54) is 10.6 Å². The van der Waals surface area contributed by atoms with E-state index in [-0.39, 0.29) is 0 Å². The van der Waals surface area contributed by atoms with Crippen LogP contribution in [-0.2, 0) is 12.8 Å². The third-order valence-corrected chi connectivity index (χ3v) is 6.10. The van der Waals surface area contributed by atoms with Gasteiger partial charge in [0.2, 0.25) is 0 Å². The fourth-order valence-corrected chi connectivity index (χ4v) is 4.40. The minimum absolute atomic E-state index is 0.785. The summed E-state index contributed by atoms with van der Waals surface area (Å²) < 4.78 is 10.8. The second-order valence-corrected chi connectivity index (χ2v) is 8.39. The van der Waals surface area contributed by atoms with Gasteiger partial charge in [0.05, 0.1) is 30.4 Å². The molecule has 0 aliphatic carbocycles. The van der Waals surface area contributed by atoms with Gasteiger partial charge >= 0.3 is 0 Å². The number of hydrogen-bond acceptors (Lipinski definition) is 5. The van der Waals surface area contributed by atoms with Gasteiger partial charge in [0.25, 0.3) is 0 Å². The number of rotatable bonds is 9. The molecule has 7 nitrogen and oxygen atoms in total. The van der Waals surface area contributed by atoms with Gasteiger partial charge in [0, 0.05) is 54.6 Å². The lowest BCUT2D eigenvalue weighted by Crippen LogP contribution is -2.38. The second-order valence-electron chi connectivity index (χ2n) is 7.11. The lowest BCUT2D eigenvalue weighted by Gasteiger charge is -2.11. The van der Waals surface area contributed by atoms with E-state index in [0.29, 0.717) is 0 Å². The summed E-state index contributed by atoms with van der Waals surface area (Å²) in [6.07, 6.45) is 2.88. The van der Waals surface area contributed by atoms with E-state index in [9.17, 15) is 0 Å². The Morgan fingerprint density at radius 1 is 1.10 bits per heavy atom. The van der Waals surface area contributed by atoms with Crippen molar-refractivity contribution in [1.29, 1.82) is 0 Å². The van der Waals surface area contributed by atoms with Crippen LogP contribution in [0.4, 0.5) is 0 Å². The summed E-state index contributed by atoms with van der Waals surface area (Å²) in [6, 6.07) is 6.06. The molecule has 0 spiro atoms. The van der Waals surface area contributed by atoms with Crippen LogP contribution in [0.2, 0.25) is 0 Å². The number of ether oxygens (including phenoxy) is 2. The average Bonchev–Trinajstić information content (AvgIpc) is 3.30. The zero-order chi connectivity index (χ0) is 21.5. The van der Waals surface area contributed by atoms with Crippen LogP contribution in [-0.4, -0.2) is 50.3 Å². The summed E-state index contributed by atoms with van der Waals surface area (Å²) in [6.45, 7) is 5.80. The number of aromatic nitrogens is 2. The number of H-pyrrole nitrogens is 1. The van der Waals surface area contributed by atoms with Gasteiger partial charge in [-0.25, -0.2) is 4.98 Å². The first-order valence-electron chi connectivity index (χ1n) is 10.1. The fraction of sp³-hybridized carbons (Fsp3) is 0.455. The molecule has 3 rings (SSSR count). The second kappa shape index (κ2) is 10.3. The normalized spacial score (nSPS) is 11.7. The maximum absolute atomic E-state index is 5.49. The van der Waals surface area contributed by atoms with Crippen LogP contribution < -0.4 is 20.1 Å². The lowest BCUT2D eigenvalue weighted by atomic mass is 10.2. The Hall–Kier alpha value is -2.74. The summed E-state index contributed by atoms with van der Waals surface area (Å²) in [5.74, 6) is 2.44. The number of aryl methyl sites for hydroxylation is 3. The Labute approximate surface area is 181 Å². The van der Waals surface area contributed by atoms with Crippen LogP contribution in [0, 0.1) is 13.8 Å². The summed E-state index contributed by atoms with van der Waals surface area (Å²) in [7, 11) is 5.15. The molecule has 2 aromatic heterocycles. The number of fused-ring (bicyclic) bond motifs is 1. The van der Waals surface area contributed by atoms with Crippen molar-refractivity contribution in [3.63, 3.8) is 0 Å². The highest BCUT2D eigenvalue weighted by atomic mass is 32.1. The number of nitrogens with one attached hydrogen (secondary N) is 3. The number of thiazole rings is 1. The highest BCUT2D eigenvalue weighted by Gasteiger charge is 2.09. The van der Waals surface area contributed by atoms with E-state index in [1.807, 2.05) is 12.1 Å². The summed E-state index contributed by atoms with van der Waals surface area (Å²) in [5.41, 5.74) is 3.34. The molecule has 30 heavy (non-hydrogen) atoms. The van der Waals surface area contributed by atoms with Crippen molar-refractivity contribution in [2.45, 2.75) is 33.1 Å². The van der Waals surface area contributed by atoms with E-state index < -0.39 is 0 Å². The molecule has 1 aromatic carbocycles. The highest BCUT2D eigenvalue weighted by Crippen LogP contribution is 2.31. The predicted octanol–water partition coefficient (Wildman–Crippen LogP) is 3.60. The molecule has 0 saturated carbocycles. The SMILES string of the molecule is CN=C(NCCCc1cc2c(OC)cc(OC)cc2[nH]1)NCCc1sc(C)nc1C. The first-order valence-corrected chi connectivity index (χ1v) is 11.0. The van der Waals surface area contributed by atoms with E-state index in [1.54, 1.807) is 32.6 Å². The Morgan fingerprint density at radius 3 is 2.57 bits per heavy atom. The van der Waals surface area contributed by atoms with Crippen LogP contribution in [0.3, 0.4) is 0 Å². The maximum atomic E-state index is 5.49. The molecule has 0 aliphatic rings. The molecule has 0 atom stereocenters. The lowest BCUT2D eigenvalue weighted by molar-refractivity contribution is 0.398. The summed E-state index contributed by atoms with van der Waals surface area (Å²) >= 11 is 1.77. The third kappa shape index (κ3) is 5.44. The van der Waals surface area contributed by atoms with Gasteiger partial charge in [-0.15, -0.1) is 11.3 Å². The van der Waals surface area contributed by atoms with Gasteiger partial charge in [-0.1, -0.05) is 0 Å². The van der Waals surface area contributed by atoms with Gasteiger partial charge in [-0.2, -0.15) is 0 Å². The van der Waals surface area contributed by atoms with Gasteiger partial charge in [-0.3, -0.25) is 4.99 Å². The molecule has 3 aromatic rings. The number of methoxy groups -OCH3 is 2. The molecule has 3 N–H and O–H groups in total. The van der Waals surface area contributed by atoms with Gasteiger partial charge in [0.15, 0.2) is 5.96 Å². The smallest absolute Gasteiger partial charge is 0.190 e. The number of nitrogens with zero attached hydrogens (tertiary/aromatic N) is 2. The molecule has 0 saturated heterocycles. The van der Waals surface area contributed by atoms with E-state index in [0.717, 1.165) is 71.4 Å². The van der Waals surface area contributed by atoms with Gasteiger partial charge in [-0.05, 0) is 32.8 Å². The Kier molecular flexibility index (Phi) is 7.57. The van der Waals surface area contributed by atoms with E-state index in [2.05, 4.69) is 45.5 Å². The molecule has 0 bridgehead atoms. The quantitative estimate of drug-likeness (QED) is 0.275.